The number of nitrogen functional groups attached to an aromatic ring is 1. The molecule has 0 aliphatic rings. The van der Waals surface area contributed by atoms with Crippen LogP contribution in [0.15, 0.2) is 48.8 Å². The van der Waals surface area contributed by atoms with Gasteiger partial charge in [0.25, 0.3) is 0 Å². The molecular weight excluding hydrogens is 510 g/mol. The molecule has 0 spiro atoms. The Morgan fingerprint density at radius 1 is 1.08 bits per heavy atom. The van der Waals surface area contributed by atoms with Crippen LogP contribution in [0.4, 0.5) is 39.5 Å². The molecule has 0 saturated carbocycles. The number of carbonyl (C=O) groups excluding carboxylic acids is 1. The van der Waals surface area contributed by atoms with Gasteiger partial charge in [-0.1, -0.05) is 12.1 Å². The standard InChI is InChI=1S/C24H23F4N7O3/c25-17-6-3-14(24(26,27)28)9-18(17)33-23(38)32-15-4-1-13(2-5-15)20-16(11-37)19(10-30-7-8-36)35-12-31-34-22(29)21(20)35/h1-6,9,12,30,36-37H,7-8,10-11H2,(H2,29,34)(H2,32,33,38). The minimum absolute atomic E-state index is 0.0744. The van der Waals surface area contributed by atoms with Gasteiger partial charge in [-0.25, -0.2) is 9.18 Å². The summed E-state index contributed by atoms with van der Waals surface area (Å²) in [5.74, 6) is -0.902. The van der Waals surface area contributed by atoms with Gasteiger partial charge in [0.2, 0.25) is 0 Å². The third-order valence-corrected chi connectivity index (χ3v) is 5.71. The molecule has 0 bridgehead atoms. The second-order valence-corrected chi connectivity index (χ2v) is 8.14. The number of benzene rings is 2. The van der Waals surface area contributed by atoms with Crippen LogP contribution in [0.3, 0.4) is 0 Å². The molecule has 2 aromatic carbocycles. The molecule has 2 amide bonds. The maximum absolute atomic E-state index is 14.0. The van der Waals surface area contributed by atoms with Gasteiger partial charge in [-0.05, 0) is 35.9 Å². The first-order chi connectivity index (χ1) is 18.1. The highest BCUT2D eigenvalue weighted by Crippen LogP contribution is 2.36. The van der Waals surface area contributed by atoms with Gasteiger partial charge in [0.1, 0.15) is 12.1 Å². The van der Waals surface area contributed by atoms with Gasteiger partial charge in [-0.2, -0.15) is 13.2 Å². The fourth-order valence-corrected chi connectivity index (χ4v) is 4.02. The summed E-state index contributed by atoms with van der Waals surface area (Å²) < 4.78 is 54.4. The zero-order valence-electron chi connectivity index (χ0n) is 19.7. The monoisotopic (exact) mass is 533 g/mol. The SMILES string of the molecule is Nc1nncn2c(CNCCO)c(CO)c(-c3ccc(NC(=O)Nc4cc(C(F)(F)F)ccc4F)cc3)c12. The van der Waals surface area contributed by atoms with Crippen LogP contribution >= 0.6 is 0 Å². The molecular formula is C24H23F4N7O3. The van der Waals surface area contributed by atoms with Crippen LogP contribution in [0.5, 0.6) is 0 Å². The molecule has 10 nitrogen and oxygen atoms in total. The summed E-state index contributed by atoms with van der Waals surface area (Å²) >= 11 is 0. The average molecular weight is 533 g/mol. The molecule has 0 atom stereocenters. The molecule has 2 heterocycles. The van der Waals surface area contributed by atoms with E-state index in [9.17, 15) is 27.5 Å². The molecule has 38 heavy (non-hydrogen) atoms. The summed E-state index contributed by atoms with van der Waals surface area (Å²) in [5, 5.41) is 34.6. The Bertz CT molecular complexity index is 1460. The maximum Gasteiger partial charge on any atom is 0.416 e. The summed E-state index contributed by atoms with van der Waals surface area (Å²) in [6, 6.07) is 7.09. The molecule has 14 heteroatoms. The molecule has 200 valence electrons. The second-order valence-electron chi connectivity index (χ2n) is 8.14. The zero-order valence-corrected chi connectivity index (χ0v) is 19.7. The lowest BCUT2D eigenvalue weighted by Crippen LogP contribution is -2.20. The fraction of sp³-hybridized carbons (Fsp3) is 0.208. The highest BCUT2D eigenvalue weighted by Gasteiger charge is 2.31. The van der Waals surface area contributed by atoms with Crippen LogP contribution in [0.1, 0.15) is 16.8 Å². The highest BCUT2D eigenvalue weighted by molar-refractivity contribution is 6.00. The van der Waals surface area contributed by atoms with Crippen molar-refractivity contribution in [1.82, 2.24) is 19.9 Å². The van der Waals surface area contributed by atoms with Crippen LogP contribution in [0.2, 0.25) is 0 Å². The Kier molecular flexibility index (Phi) is 7.75. The summed E-state index contributed by atoms with van der Waals surface area (Å²) in [4.78, 5) is 12.3. The number of amides is 2. The first kappa shape index (κ1) is 26.8. The topological polar surface area (TPSA) is 150 Å². The van der Waals surface area contributed by atoms with Crippen LogP contribution in [-0.4, -0.2) is 44.0 Å². The number of aliphatic hydroxyl groups excluding tert-OH is 2. The van der Waals surface area contributed by atoms with Crippen molar-refractivity contribution in [2.45, 2.75) is 19.3 Å². The van der Waals surface area contributed by atoms with E-state index < -0.39 is 29.3 Å². The Balaban J connectivity index is 1.60. The molecule has 0 aliphatic carbocycles. The normalized spacial score (nSPS) is 11.6. The van der Waals surface area contributed by atoms with Crippen LogP contribution < -0.4 is 21.7 Å². The smallest absolute Gasteiger partial charge is 0.395 e. The number of nitrogens with zero attached hydrogens (tertiary/aromatic N) is 3. The van der Waals surface area contributed by atoms with Crippen LogP contribution in [0.25, 0.3) is 16.6 Å². The lowest BCUT2D eigenvalue weighted by Gasteiger charge is -2.12. The number of anilines is 3. The van der Waals surface area contributed by atoms with Crippen molar-refractivity contribution >= 4 is 28.7 Å². The molecule has 0 radical (unpaired) electrons. The van der Waals surface area contributed by atoms with Crippen molar-refractivity contribution < 1.29 is 32.6 Å². The lowest BCUT2D eigenvalue weighted by atomic mass is 10.0. The quantitative estimate of drug-likeness (QED) is 0.150. The summed E-state index contributed by atoms with van der Waals surface area (Å²) in [5.41, 5.74) is 7.57. The minimum atomic E-state index is -4.70. The van der Waals surface area contributed by atoms with E-state index in [-0.39, 0.29) is 24.7 Å². The molecule has 0 fully saturated rings. The number of alkyl halides is 3. The van der Waals surface area contributed by atoms with Crippen molar-refractivity contribution in [3.63, 3.8) is 0 Å². The molecule has 7 N–H and O–H groups in total. The number of hydrogen-bond acceptors (Lipinski definition) is 7. The number of rotatable bonds is 8. The van der Waals surface area contributed by atoms with Gasteiger partial charge < -0.3 is 31.9 Å². The van der Waals surface area contributed by atoms with E-state index in [0.29, 0.717) is 59.2 Å². The zero-order chi connectivity index (χ0) is 27.4. The van der Waals surface area contributed by atoms with E-state index in [0.717, 1.165) is 0 Å². The molecule has 2 aromatic heterocycles. The Hall–Kier alpha value is -4.27. The van der Waals surface area contributed by atoms with Crippen molar-refractivity contribution in [3.8, 4) is 11.1 Å². The number of carbonyl (C=O) groups is 1. The van der Waals surface area contributed by atoms with Crippen LogP contribution in [-0.2, 0) is 19.3 Å². The van der Waals surface area contributed by atoms with Crippen molar-refractivity contribution in [1.29, 1.82) is 0 Å². The fourth-order valence-electron chi connectivity index (χ4n) is 4.02. The molecule has 0 aliphatic heterocycles. The number of nitrogens with one attached hydrogen (secondary N) is 3. The predicted molar refractivity (Wildman–Crippen MR) is 132 cm³/mol. The summed E-state index contributed by atoms with van der Waals surface area (Å²) in [6.07, 6.45) is -3.24. The van der Waals surface area contributed by atoms with E-state index >= 15 is 0 Å². The minimum Gasteiger partial charge on any atom is -0.395 e. The van der Waals surface area contributed by atoms with Gasteiger partial charge in [-0.15, -0.1) is 10.2 Å². The van der Waals surface area contributed by atoms with E-state index in [2.05, 4.69) is 26.1 Å². The van der Waals surface area contributed by atoms with E-state index in [1.54, 1.807) is 16.5 Å². The highest BCUT2D eigenvalue weighted by atomic mass is 19.4. The third-order valence-electron chi connectivity index (χ3n) is 5.71. The number of nitrogens with two attached hydrogens (primary N) is 1. The number of aliphatic hydroxyl groups is 2. The summed E-state index contributed by atoms with van der Waals surface area (Å²) in [7, 11) is 0. The van der Waals surface area contributed by atoms with E-state index in [1.807, 2.05) is 0 Å². The van der Waals surface area contributed by atoms with E-state index in [1.165, 1.54) is 18.5 Å². The van der Waals surface area contributed by atoms with Crippen molar-refractivity contribution in [3.05, 3.63) is 71.4 Å². The molecule has 4 aromatic rings. The second kappa shape index (κ2) is 11.0. The molecule has 0 saturated heterocycles. The Morgan fingerprint density at radius 2 is 1.82 bits per heavy atom. The van der Waals surface area contributed by atoms with Crippen LogP contribution in [0, 0.1) is 5.82 Å². The maximum atomic E-state index is 14.0. The number of urea groups is 1. The van der Waals surface area contributed by atoms with Gasteiger partial charge in [0.15, 0.2) is 5.82 Å². The Morgan fingerprint density at radius 3 is 2.47 bits per heavy atom. The molecule has 0 unspecified atom stereocenters. The van der Waals surface area contributed by atoms with E-state index in [4.69, 9.17) is 10.8 Å². The van der Waals surface area contributed by atoms with Gasteiger partial charge in [0, 0.05) is 35.6 Å². The summed E-state index contributed by atoms with van der Waals surface area (Å²) in [6.45, 7) is 0.218. The van der Waals surface area contributed by atoms with Crippen molar-refractivity contribution in [2.75, 3.05) is 29.5 Å². The average Bonchev–Trinajstić information content (AvgIpc) is 3.20. The van der Waals surface area contributed by atoms with Gasteiger partial charge in [-0.3, -0.25) is 4.40 Å². The van der Waals surface area contributed by atoms with Crippen molar-refractivity contribution in [2.24, 2.45) is 0 Å². The van der Waals surface area contributed by atoms with Gasteiger partial charge in [0.05, 0.1) is 30.0 Å². The largest absolute Gasteiger partial charge is 0.416 e. The predicted octanol–water partition coefficient (Wildman–Crippen LogP) is 3.35. The first-order valence-electron chi connectivity index (χ1n) is 11.2. The third kappa shape index (κ3) is 5.51. The van der Waals surface area contributed by atoms with Gasteiger partial charge >= 0.3 is 12.2 Å². The number of halogens is 4. The number of aromatic nitrogens is 3. The first-order valence-corrected chi connectivity index (χ1v) is 11.2. The number of fused-ring (bicyclic) bond motifs is 1. The Labute approximate surface area is 213 Å². The molecule has 4 rings (SSSR count). The lowest BCUT2D eigenvalue weighted by molar-refractivity contribution is -0.137. The number of hydrogen-bond donors (Lipinski definition) is 6.